The van der Waals surface area contributed by atoms with Gasteiger partial charge in [0.15, 0.2) is 0 Å². The van der Waals surface area contributed by atoms with Gasteiger partial charge in [0.25, 0.3) is 6.02 Å². The molecule has 2 N–H and O–H groups in total. The first-order chi connectivity index (χ1) is 6.25. The quantitative estimate of drug-likeness (QED) is 0.744. The summed E-state index contributed by atoms with van der Waals surface area (Å²) >= 11 is 5.76. The molecule has 2 rings (SSSR count). The van der Waals surface area contributed by atoms with Crippen LogP contribution >= 0.6 is 11.6 Å². The first-order valence-corrected chi connectivity index (χ1v) is 4.35. The fourth-order valence-electron chi connectivity index (χ4n) is 1.25. The third-order valence-electron chi connectivity index (χ3n) is 1.93. The van der Waals surface area contributed by atoms with E-state index in [1.165, 1.54) is 0 Å². The number of nitrogens with zero attached hydrogens (tertiary/aromatic N) is 1. The Labute approximate surface area is 81.2 Å². The van der Waals surface area contributed by atoms with Crippen LogP contribution in [-0.2, 0) is 4.74 Å². The maximum absolute atomic E-state index is 5.76. The zero-order valence-corrected chi connectivity index (χ0v) is 7.66. The number of rotatable bonds is 1. The van der Waals surface area contributed by atoms with Crippen LogP contribution in [0.2, 0.25) is 5.02 Å². The van der Waals surface area contributed by atoms with Crippen LogP contribution in [0.15, 0.2) is 29.3 Å². The van der Waals surface area contributed by atoms with Crippen molar-refractivity contribution in [1.82, 2.24) is 0 Å². The molecule has 1 aliphatic heterocycles. The van der Waals surface area contributed by atoms with Crippen molar-refractivity contribution >= 4 is 17.6 Å². The lowest BCUT2D eigenvalue weighted by molar-refractivity contribution is 0.315. The van der Waals surface area contributed by atoms with Crippen molar-refractivity contribution in [3.05, 3.63) is 34.9 Å². The zero-order valence-electron chi connectivity index (χ0n) is 6.90. The van der Waals surface area contributed by atoms with E-state index >= 15 is 0 Å². The number of nitrogens with two attached hydrogens (primary N) is 1. The molecule has 0 unspecified atom stereocenters. The van der Waals surface area contributed by atoms with Crippen molar-refractivity contribution in [2.45, 2.75) is 6.04 Å². The summed E-state index contributed by atoms with van der Waals surface area (Å²) in [5.74, 6) is 0. The van der Waals surface area contributed by atoms with Gasteiger partial charge >= 0.3 is 0 Å². The fraction of sp³-hybridized carbons (Fsp3) is 0.222. The molecular formula is C9H9ClN2O. The highest BCUT2D eigenvalue weighted by Crippen LogP contribution is 2.23. The Kier molecular flexibility index (Phi) is 2.10. The minimum atomic E-state index is 0.0252. The minimum absolute atomic E-state index is 0.0252. The Balaban J connectivity index is 2.22. The number of aliphatic imine (C=N–C) groups is 1. The summed E-state index contributed by atoms with van der Waals surface area (Å²) < 4.78 is 5.04. The molecule has 3 nitrogen and oxygen atoms in total. The maximum atomic E-state index is 5.76. The fourth-order valence-corrected chi connectivity index (χ4v) is 1.37. The molecular weight excluding hydrogens is 188 g/mol. The summed E-state index contributed by atoms with van der Waals surface area (Å²) in [6.07, 6.45) is 0. The predicted molar refractivity (Wildman–Crippen MR) is 51.8 cm³/mol. The topological polar surface area (TPSA) is 47.6 Å². The van der Waals surface area contributed by atoms with E-state index in [0.29, 0.717) is 6.61 Å². The zero-order chi connectivity index (χ0) is 9.26. The molecule has 0 spiro atoms. The molecule has 0 fully saturated rings. The van der Waals surface area contributed by atoms with E-state index in [-0.39, 0.29) is 12.1 Å². The summed E-state index contributed by atoms with van der Waals surface area (Å²) in [6, 6.07) is 7.82. The van der Waals surface area contributed by atoms with Crippen molar-refractivity contribution in [2.75, 3.05) is 6.61 Å². The van der Waals surface area contributed by atoms with Crippen LogP contribution in [0.1, 0.15) is 11.6 Å². The Morgan fingerprint density at radius 1 is 1.38 bits per heavy atom. The van der Waals surface area contributed by atoms with Gasteiger partial charge in [0.1, 0.15) is 12.6 Å². The first kappa shape index (κ1) is 8.38. The molecule has 4 heteroatoms. The Bertz CT molecular complexity index is 334. The highest BCUT2D eigenvalue weighted by molar-refractivity contribution is 6.30. The van der Waals surface area contributed by atoms with E-state index in [4.69, 9.17) is 22.1 Å². The van der Waals surface area contributed by atoms with Gasteiger partial charge in [-0.1, -0.05) is 23.7 Å². The van der Waals surface area contributed by atoms with E-state index in [1.54, 1.807) is 0 Å². The monoisotopic (exact) mass is 196 g/mol. The van der Waals surface area contributed by atoms with Gasteiger partial charge in [-0.15, -0.1) is 0 Å². The van der Waals surface area contributed by atoms with E-state index in [0.717, 1.165) is 10.6 Å². The van der Waals surface area contributed by atoms with Gasteiger partial charge in [-0.05, 0) is 17.7 Å². The SMILES string of the molecule is NC1=N[C@@H](c2ccc(Cl)cc2)CO1. The summed E-state index contributed by atoms with van der Waals surface area (Å²) in [5, 5.41) is 0.722. The molecule has 1 aromatic rings. The first-order valence-electron chi connectivity index (χ1n) is 3.97. The molecule has 1 aliphatic rings. The molecule has 0 aromatic heterocycles. The van der Waals surface area contributed by atoms with Crippen molar-refractivity contribution in [1.29, 1.82) is 0 Å². The lowest BCUT2D eigenvalue weighted by Crippen LogP contribution is -2.10. The van der Waals surface area contributed by atoms with Crippen LogP contribution in [0.4, 0.5) is 0 Å². The van der Waals surface area contributed by atoms with Crippen LogP contribution in [-0.4, -0.2) is 12.6 Å². The van der Waals surface area contributed by atoms with Crippen molar-refractivity contribution in [2.24, 2.45) is 10.7 Å². The number of ether oxygens (including phenoxy) is 1. The third-order valence-corrected chi connectivity index (χ3v) is 2.18. The largest absolute Gasteiger partial charge is 0.463 e. The molecule has 1 aromatic carbocycles. The summed E-state index contributed by atoms with van der Waals surface area (Å²) in [4.78, 5) is 4.12. The highest BCUT2D eigenvalue weighted by Gasteiger charge is 2.17. The summed E-state index contributed by atoms with van der Waals surface area (Å²) in [5.41, 5.74) is 6.47. The molecule has 0 saturated heterocycles. The second-order valence-electron chi connectivity index (χ2n) is 2.85. The summed E-state index contributed by atoms with van der Waals surface area (Å²) in [7, 11) is 0. The highest BCUT2D eigenvalue weighted by atomic mass is 35.5. The molecule has 0 radical (unpaired) electrons. The van der Waals surface area contributed by atoms with E-state index < -0.39 is 0 Å². The molecule has 0 aliphatic carbocycles. The van der Waals surface area contributed by atoms with Crippen LogP contribution in [0, 0.1) is 0 Å². The molecule has 13 heavy (non-hydrogen) atoms. The van der Waals surface area contributed by atoms with Gasteiger partial charge in [-0.25, -0.2) is 4.99 Å². The summed E-state index contributed by atoms with van der Waals surface area (Å²) in [6.45, 7) is 0.521. The lowest BCUT2D eigenvalue weighted by Gasteiger charge is -2.04. The van der Waals surface area contributed by atoms with Gasteiger partial charge in [-0.2, -0.15) is 0 Å². The van der Waals surface area contributed by atoms with Crippen molar-refractivity contribution < 1.29 is 4.74 Å². The molecule has 0 amide bonds. The molecule has 0 bridgehead atoms. The van der Waals surface area contributed by atoms with Crippen LogP contribution in [0.25, 0.3) is 0 Å². The number of amidine groups is 1. The second-order valence-corrected chi connectivity index (χ2v) is 3.28. The average Bonchev–Trinajstić information content (AvgIpc) is 2.53. The normalized spacial score (nSPS) is 21.0. The van der Waals surface area contributed by atoms with E-state index in [9.17, 15) is 0 Å². The van der Waals surface area contributed by atoms with Gasteiger partial charge < -0.3 is 10.5 Å². The molecule has 1 atom stereocenters. The van der Waals surface area contributed by atoms with Gasteiger partial charge in [0.2, 0.25) is 0 Å². The minimum Gasteiger partial charge on any atom is -0.463 e. The Morgan fingerprint density at radius 3 is 2.62 bits per heavy atom. The number of halogens is 1. The average molecular weight is 197 g/mol. The van der Waals surface area contributed by atoms with Crippen LogP contribution in [0.3, 0.4) is 0 Å². The second kappa shape index (κ2) is 3.26. The van der Waals surface area contributed by atoms with Crippen LogP contribution in [0.5, 0.6) is 0 Å². The Hall–Kier alpha value is -1.22. The van der Waals surface area contributed by atoms with Gasteiger partial charge in [0.05, 0.1) is 0 Å². The molecule has 0 saturated carbocycles. The third kappa shape index (κ3) is 1.75. The maximum Gasteiger partial charge on any atom is 0.282 e. The smallest absolute Gasteiger partial charge is 0.282 e. The lowest BCUT2D eigenvalue weighted by atomic mass is 10.1. The van der Waals surface area contributed by atoms with Crippen molar-refractivity contribution in [3.8, 4) is 0 Å². The number of benzene rings is 1. The standard InChI is InChI=1S/C9H9ClN2O/c10-7-3-1-6(2-4-7)8-5-13-9(11)12-8/h1-4,8H,5H2,(H2,11,12)/t8-/m1/s1. The number of hydrogen-bond acceptors (Lipinski definition) is 3. The molecule has 68 valence electrons. The van der Waals surface area contributed by atoms with Crippen molar-refractivity contribution in [3.63, 3.8) is 0 Å². The number of hydrogen-bond donors (Lipinski definition) is 1. The van der Waals surface area contributed by atoms with Gasteiger partial charge in [0, 0.05) is 5.02 Å². The Morgan fingerprint density at radius 2 is 2.08 bits per heavy atom. The molecule has 1 heterocycles. The van der Waals surface area contributed by atoms with E-state index in [1.807, 2.05) is 24.3 Å². The van der Waals surface area contributed by atoms with Gasteiger partial charge in [-0.3, -0.25) is 0 Å². The van der Waals surface area contributed by atoms with Crippen LogP contribution < -0.4 is 5.73 Å². The van der Waals surface area contributed by atoms with E-state index in [2.05, 4.69) is 4.99 Å². The predicted octanol–water partition coefficient (Wildman–Crippen LogP) is 1.73.